The molecule has 0 fully saturated rings. The molecule has 0 amide bonds. The molecule has 1 aromatic rings. The van der Waals surface area contributed by atoms with Crippen LogP contribution < -0.4 is 10.6 Å². The van der Waals surface area contributed by atoms with E-state index in [4.69, 9.17) is 0 Å². The van der Waals surface area contributed by atoms with Gasteiger partial charge in [-0.05, 0) is 13.3 Å². The third-order valence-electron chi connectivity index (χ3n) is 2.10. The minimum Gasteiger partial charge on any atom is -0.370 e. The summed E-state index contributed by atoms with van der Waals surface area (Å²) in [5, 5.41) is 6.37. The van der Waals surface area contributed by atoms with Crippen LogP contribution in [0, 0.1) is 6.92 Å². The van der Waals surface area contributed by atoms with Crippen LogP contribution in [0.2, 0.25) is 0 Å². The van der Waals surface area contributed by atoms with Gasteiger partial charge in [0.15, 0.2) is 0 Å². The Morgan fingerprint density at radius 1 is 1.38 bits per heavy atom. The van der Waals surface area contributed by atoms with Gasteiger partial charge in [0.2, 0.25) is 5.95 Å². The predicted molar refractivity (Wildman–Crippen MR) is 68.9 cm³/mol. The first-order valence-electron chi connectivity index (χ1n) is 5.70. The number of aromatic nitrogens is 2. The van der Waals surface area contributed by atoms with Gasteiger partial charge < -0.3 is 10.6 Å². The van der Waals surface area contributed by atoms with Crippen LogP contribution in [0.15, 0.2) is 18.7 Å². The SMILES string of the molecule is C=CCNc1nc(C)cc(NCCCC)n1. The van der Waals surface area contributed by atoms with Crippen molar-refractivity contribution in [2.24, 2.45) is 0 Å². The Morgan fingerprint density at radius 3 is 2.88 bits per heavy atom. The number of rotatable bonds is 7. The quantitative estimate of drug-likeness (QED) is 0.548. The predicted octanol–water partition coefficient (Wildman–Crippen LogP) is 2.59. The van der Waals surface area contributed by atoms with Crippen molar-refractivity contribution in [1.82, 2.24) is 9.97 Å². The minimum absolute atomic E-state index is 0.652. The van der Waals surface area contributed by atoms with E-state index in [2.05, 4.69) is 34.1 Å². The first-order chi connectivity index (χ1) is 7.76. The molecule has 2 N–H and O–H groups in total. The van der Waals surface area contributed by atoms with Crippen LogP contribution in [0.4, 0.5) is 11.8 Å². The molecule has 4 heteroatoms. The van der Waals surface area contributed by atoms with Crippen molar-refractivity contribution in [1.29, 1.82) is 0 Å². The van der Waals surface area contributed by atoms with Gasteiger partial charge >= 0.3 is 0 Å². The van der Waals surface area contributed by atoms with Gasteiger partial charge in [-0.1, -0.05) is 19.4 Å². The normalized spacial score (nSPS) is 9.88. The summed E-state index contributed by atoms with van der Waals surface area (Å²) in [4.78, 5) is 8.65. The van der Waals surface area contributed by atoms with Gasteiger partial charge in [0.1, 0.15) is 5.82 Å². The Hall–Kier alpha value is -1.58. The van der Waals surface area contributed by atoms with E-state index in [-0.39, 0.29) is 0 Å². The fourth-order valence-electron chi connectivity index (χ4n) is 1.29. The van der Waals surface area contributed by atoms with Crippen LogP contribution in [0.1, 0.15) is 25.5 Å². The van der Waals surface area contributed by atoms with Crippen molar-refractivity contribution >= 4 is 11.8 Å². The smallest absolute Gasteiger partial charge is 0.225 e. The maximum atomic E-state index is 4.36. The molecule has 0 aromatic carbocycles. The largest absolute Gasteiger partial charge is 0.370 e. The average molecular weight is 220 g/mol. The molecule has 1 heterocycles. The molecule has 1 aromatic heterocycles. The number of unbranched alkanes of at least 4 members (excludes halogenated alkanes) is 1. The number of nitrogens with one attached hydrogen (secondary N) is 2. The van der Waals surface area contributed by atoms with Crippen molar-refractivity contribution in [2.75, 3.05) is 23.7 Å². The molecular weight excluding hydrogens is 200 g/mol. The van der Waals surface area contributed by atoms with Gasteiger partial charge in [-0.15, -0.1) is 6.58 Å². The summed E-state index contributed by atoms with van der Waals surface area (Å²) in [7, 11) is 0. The molecular formula is C12H20N4. The third-order valence-corrected chi connectivity index (χ3v) is 2.10. The summed E-state index contributed by atoms with van der Waals surface area (Å²) in [6, 6.07) is 1.95. The highest BCUT2D eigenvalue weighted by molar-refractivity contribution is 5.42. The van der Waals surface area contributed by atoms with Gasteiger partial charge in [-0.2, -0.15) is 4.98 Å². The average Bonchev–Trinajstić information content (AvgIpc) is 2.26. The number of aryl methyl sites for hydroxylation is 1. The second-order valence-corrected chi connectivity index (χ2v) is 3.67. The highest BCUT2D eigenvalue weighted by Crippen LogP contribution is 2.09. The molecule has 16 heavy (non-hydrogen) atoms. The second-order valence-electron chi connectivity index (χ2n) is 3.67. The third kappa shape index (κ3) is 4.29. The van der Waals surface area contributed by atoms with E-state index in [1.54, 1.807) is 6.08 Å². The van der Waals surface area contributed by atoms with E-state index < -0.39 is 0 Å². The lowest BCUT2D eigenvalue weighted by Crippen LogP contribution is -2.08. The molecule has 0 aliphatic carbocycles. The van der Waals surface area contributed by atoms with Gasteiger partial charge in [0.25, 0.3) is 0 Å². The summed E-state index contributed by atoms with van der Waals surface area (Å²) in [6.07, 6.45) is 4.12. The zero-order valence-corrected chi connectivity index (χ0v) is 10.1. The van der Waals surface area contributed by atoms with Crippen molar-refractivity contribution in [2.45, 2.75) is 26.7 Å². The van der Waals surface area contributed by atoms with Crippen molar-refractivity contribution in [3.63, 3.8) is 0 Å². The first-order valence-corrected chi connectivity index (χ1v) is 5.70. The fraction of sp³-hybridized carbons (Fsp3) is 0.500. The van der Waals surface area contributed by atoms with Crippen LogP contribution in [0.3, 0.4) is 0 Å². The maximum Gasteiger partial charge on any atom is 0.225 e. The van der Waals surface area contributed by atoms with Crippen molar-refractivity contribution < 1.29 is 0 Å². The number of hydrogen-bond donors (Lipinski definition) is 2. The van der Waals surface area contributed by atoms with Crippen LogP contribution in [0.25, 0.3) is 0 Å². The van der Waals surface area contributed by atoms with Gasteiger partial charge in [0.05, 0.1) is 0 Å². The lowest BCUT2D eigenvalue weighted by Gasteiger charge is -2.08. The van der Waals surface area contributed by atoms with E-state index in [1.165, 1.54) is 6.42 Å². The van der Waals surface area contributed by atoms with Gasteiger partial charge in [-0.3, -0.25) is 0 Å². The topological polar surface area (TPSA) is 49.8 Å². The lowest BCUT2D eigenvalue weighted by atomic mass is 10.3. The minimum atomic E-state index is 0.652. The van der Waals surface area contributed by atoms with E-state index >= 15 is 0 Å². The van der Waals surface area contributed by atoms with Gasteiger partial charge in [0, 0.05) is 24.8 Å². The van der Waals surface area contributed by atoms with Crippen LogP contribution >= 0.6 is 0 Å². The number of nitrogens with zero attached hydrogens (tertiary/aromatic N) is 2. The number of anilines is 2. The van der Waals surface area contributed by atoms with Crippen molar-refractivity contribution in [3.8, 4) is 0 Å². The summed E-state index contributed by atoms with van der Waals surface area (Å²) in [5.41, 5.74) is 0.959. The number of hydrogen-bond acceptors (Lipinski definition) is 4. The molecule has 0 saturated carbocycles. The van der Waals surface area contributed by atoms with Crippen LogP contribution in [-0.2, 0) is 0 Å². The monoisotopic (exact) mass is 220 g/mol. The highest BCUT2D eigenvalue weighted by atomic mass is 15.1. The molecule has 0 radical (unpaired) electrons. The Balaban J connectivity index is 2.61. The zero-order valence-electron chi connectivity index (χ0n) is 10.1. The Morgan fingerprint density at radius 2 is 2.19 bits per heavy atom. The molecule has 0 bridgehead atoms. The Bertz CT molecular complexity index is 336. The fourth-order valence-corrected chi connectivity index (χ4v) is 1.29. The maximum absolute atomic E-state index is 4.36. The molecule has 0 unspecified atom stereocenters. The van der Waals surface area contributed by atoms with E-state index in [0.29, 0.717) is 12.5 Å². The molecule has 0 aliphatic heterocycles. The van der Waals surface area contributed by atoms with E-state index in [1.807, 2.05) is 13.0 Å². The Labute approximate surface area is 97.2 Å². The summed E-state index contributed by atoms with van der Waals surface area (Å²) >= 11 is 0. The standard InChI is InChI=1S/C12H20N4/c1-4-6-8-13-11-9-10(3)15-12(16-11)14-7-5-2/h5,9H,2,4,6-8H2,1,3H3,(H2,13,14,15,16). The van der Waals surface area contributed by atoms with Crippen LogP contribution in [-0.4, -0.2) is 23.1 Å². The highest BCUT2D eigenvalue weighted by Gasteiger charge is 2.00. The molecule has 0 aliphatic rings. The lowest BCUT2D eigenvalue weighted by molar-refractivity contribution is 0.830. The molecule has 0 atom stereocenters. The summed E-state index contributed by atoms with van der Waals surface area (Å²) < 4.78 is 0. The van der Waals surface area contributed by atoms with E-state index in [9.17, 15) is 0 Å². The summed E-state index contributed by atoms with van der Waals surface area (Å²) in [5.74, 6) is 1.53. The first kappa shape index (κ1) is 12.5. The molecule has 0 saturated heterocycles. The molecule has 4 nitrogen and oxygen atoms in total. The summed E-state index contributed by atoms with van der Waals surface area (Å²) in [6.45, 7) is 9.41. The van der Waals surface area contributed by atoms with Crippen molar-refractivity contribution in [3.05, 3.63) is 24.4 Å². The molecule has 0 spiro atoms. The zero-order chi connectivity index (χ0) is 11.8. The van der Waals surface area contributed by atoms with Gasteiger partial charge in [-0.25, -0.2) is 4.98 Å². The molecule has 88 valence electrons. The van der Waals surface area contributed by atoms with E-state index in [0.717, 1.165) is 24.5 Å². The molecule has 1 rings (SSSR count). The van der Waals surface area contributed by atoms with Crippen LogP contribution in [0.5, 0.6) is 0 Å². The second kappa shape index (κ2) is 6.82. The Kier molecular flexibility index (Phi) is 5.32.